The van der Waals surface area contributed by atoms with Gasteiger partial charge in [0.15, 0.2) is 11.5 Å². The van der Waals surface area contributed by atoms with Gasteiger partial charge in [-0.25, -0.2) is 0 Å². The Morgan fingerprint density at radius 3 is 1.57 bits per heavy atom. The number of hydrogen-bond acceptors (Lipinski definition) is 2. The Balaban J connectivity index is 1.47. The first-order valence-corrected chi connectivity index (χ1v) is 8.97. The van der Waals surface area contributed by atoms with Crippen molar-refractivity contribution in [1.82, 2.24) is 0 Å². The Labute approximate surface area is 137 Å². The lowest BCUT2D eigenvalue weighted by Gasteiger charge is -2.25. The van der Waals surface area contributed by atoms with Gasteiger partial charge in [-0.3, -0.25) is 0 Å². The summed E-state index contributed by atoms with van der Waals surface area (Å²) in [5.74, 6) is -0.510. The van der Waals surface area contributed by atoms with E-state index in [4.69, 9.17) is 9.47 Å². The standard InChI is InChI=1S/C19H26F2O2/c20-18-16(22-12-10-14-4-1-2-5-14)8-9-17(19(18)21)23-13-11-15-6-3-7-15/h8-9,14-15H,1-7,10-13H2. The van der Waals surface area contributed by atoms with Gasteiger partial charge in [0.2, 0.25) is 11.6 Å². The minimum Gasteiger partial charge on any atom is -0.490 e. The molecule has 0 radical (unpaired) electrons. The summed E-state index contributed by atoms with van der Waals surface area (Å²) in [5, 5.41) is 0. The quantitative estimate of drug-likeness (QED) is 0.629. The van der Waals surface area contributed by atoms with Gasteiger partial charge in [-0.15, -0.1) is 0 Å². The van der Waals surface area contributed by atoms with Gasteiger partial charge in [0.05, 0.1) is 13.2 Å². The third-order valence-corrected chi connectivity index (χ3v) is 5.28. The molecule has 2 nitrogen and oxygen atoms in total. The summed E-state index contributed by atoms with van der Waals surface area (Å²) in [5.41, 5.74) is 0. The summed E-state index contributed by atoms with van der Waals surface area (Å²) < 4.78 is 38.9. The van der Waals surface area contributed by atoms with Crippen LogP contribution in [0, 0.1) is 23.5 Å². The predicted molar refractivity (Wildman–Crippen MR) is 85.9 cm³/mol. The molecule has 0 heterocycles. The molecule has 2 fully saturated rings. The minimum absolute atomic E-state index is 0.00756. The number of halogens is 2. The Bertz CT molecular complexity index is 508. The first-order valence-electron chi connectivity index (χ1n) is 8.97. The van der Waals surface area contributed by atoms with E-state index in [2.05, 4.69) is 0 Å². The number of ether oxygens (including phenoxy) is 2. The fourth-order valence-electron chi connectivity index (χ4n) is 3.49. The number of rotatable bonds is 8. The van der Waals surface area contributed by atoms with E-state index in [0.29, 0.717) is 25.0 Å². The van der Waals surface area contributed by atoms with Crippen LogP contribution >= 0.6 is 0 Å². The molecule has 0 saturated heterocycles. The second-order valence-electron chi connectivity index (χ2n) is 6.91. The predicted octanol–water partition coefficient (Wildman–Crippen LogP) is 5.49. The molecule has 128 valence electrons. The Kier molecular flexibility index (Phi) is 5.74. The van der Waals surface area contributed by atoms with Crippen LogP contribution < -0.4 is 9.47 Å². The zero-order chi connectivity index (χ0) is 16.1. The van der Waals surface area contributed by atoms with E-state index in [1.807, 2.05) is 0 Å². The molecule has 1 aromatic rings. The van der Waals surface area contributed by atoms with Crippen molar-refractivity contribution in [2.45, 2.75) is 57.8 Å². The summed E-state index contributed by atoms with van der Waals surface area (Å²) in [6.07, 6.45) is 10.6. The highest BCUT2D eigenvalue weighted by Crippen LogP contribution is 2.32. The van der Waals surface area contributed by atoms with Crippen LogP contribution in [0.15, 0.2) is 12.1 Å². The van der Waals surface area contributed by atoms with Crippen molar-refractivity contribution in [1.29, 1.82) is 0 Å². The first-order chi connectivity index (χ1) is 11.2. The molecule has 23 heavy (non-hydrogen) atoms. The molecule has 0 amide bonds. The van der Waals surface area contributed by atoms with Gasteiger partial charge in [-0.05, 0) is 36.8 Å². The molecule has 2 aliphatic rings. The summed E-state index contributed by atoms with van der Waals surface area (Å²) in [7, 11) is 0. The van der Waals surface area contributed by atoms with Gasteiger partial charge >= 0.3 is 0 Å². The summed E-state index contributed by atoms with van der Waals surface area (Å²) in [6, 6.07) is 2.95. The second-order valence-corrected chi connectivity index (χ2v) is 6.91. The Hall–Kier alpha value is -1.32. The third kappa shape index (κ3) is 4.36. The molecule has 0 bridgehead atoms. The van der Waals surface area contributed by atoms with Crippen LogP contribution in [0.5, 0.6) is 11.5 Å². The average Bonchev–Trinajstić information content (AvgIpc) is 3.01. The van der Waals surface area contributed by atoms with Gasteiger partial charge in [0.25, 0.3) is 0 Å². The molecule has 3 rings (SSSR count). The molecule has 0 N–H and O–H groups in total. The van der Waals surface area contributed by atoms with Crippen molar-refractivity contribution in [3.05, 3.63) is 23.8 Å². The Morgan fingerprint density at radius 2 is 1.17 bits per heavy atom. The average molecular weight is 324 g/mol. The van der Waals surface area contributed by atoms with E-state index in [1.165, 1.54) is 57.1 Å². The topological polar surface area (TPSA) is 18.5 Å². The van der Waals surface area contributed by atoms with Crippen LogP contribution in [0.2, 0.25) is 0 Å². The molecule has 0 atom stereocenters. The molecule has 0 spiro atoms. The first kappa shape index (κ1) is 16.5. The maximum atomic E-state index is 14.0. The maximum Gasteiger partial charge on any atom is 0.204 e. The van der Waals surface area contributed by atoms with E-state index in [9.17, 15) is 8.78 Å². The van der Waals surface area contributed by atoms with E-state index >= 15 is 0 Å². The lowest BCUT2D eigenvalue weighted by molar-refractivity contribution is 0.213. The fourth-order valence-corrected chi connectivity index (χ4v) is 3.49. The van der Waals surface area contributed by atoms with E-state index in [0.717, 1.165) is 12.8 Å². The van der Waals surface area contributed by atoms with Crippen molar-refractivity contribution in [2.75, 3.05) is 13.2 Å². The van der Waals surface area contributed by atoms with Gasteiger partial charge in [0, 0.05) is 0 Å². The van der Waals surface area contributed by atoms with Crippen LogP contribution in [0.3, 0.4) is 0 Å². The highest BCUT2D eigenvalue weighted by Gasteiger charge is 2.20. The highest BCUT2D eigenvalue weighted by atomic mass is 19.2. The van der Waals surface area contributed by atoms with Crippen molar-refractivity contribution in [2.24, 2.45) is 11.8 Å². The van der Waals surface area contributed by atoms with Crippen molar-refractivity contribution < 1.29 is 18.3 Å². The minimum atomic E-state index is -0.933. The van der Waals surface area contributed by atoms with Crippen molar-refractivity contribution >= 4 is 0 Å². The molecule has 4 heteroatoms. The lowest BCUT2D eigenvalue weighted by atomic mass is 9.83. The molecular formula is C19H26F2O2. The lowest BCUT2D eigenvalue weighted by Crippen LogP contribution is -2.15. The number of hydrogen-bond donors (Lipinski definition) is 0. The van der Waals surface area contributed by atoms with Crippen molar-refractivity contribution in [3.63, 3.8) is 0 Å². The van der Waals surface area contributed by atoms with Gasteiger partial charge in [-0.1, -0.05) is 44.9 Å². The highest BCUT2D eigenvalue weighted by molar-refractivity contribution is 5.35. The van der Waals surface area contributed by atoms with Gasteiger partial charge in [-0.2, -0.15) is 8.78 Å². The molecular weight excluding hydrogens is 298 g/mol. The molecule has 0 aromatic heterocycles. The van der Waals surface area contributed by atoms with E-state index in [1.54, 1.807) is 0 Å². The number of benzene rings is 1. The van der Waals surface area contributed by atoms with Crippen LogP contribution in [-0.4, -0.2) is 13.2 Å². The zero-order valence-electron chi connectivity index (χ0n) is 13.7. The SMILES string of the molecule is Fc1c(OCCC2CCCC2)ccc(OCCC2CCC2)c1F. The third-order valence-electron chi connectivity index (χ3n) is 5.28. The van der Waals surface area contributed by atoms with Gasteiger partial charge < -0.3 is 9.47 Å². The molecule has 2 aliphatic carbocycles. The second kappa shape index (κ2) is 7.98. The maximum absolute atomic E-state index is 14.0. The van der Waals surface area contributed by atoms with Crippen LogP contribution in [0.4, 0.5) is 8.78 Å². The van der Waals surface area contributed by atoms with E-state index in [-0.39, 0.29) is 11.5 Å². The van der Waals surface area contributed by atoms with Crippen molar-refractivity contribution in [3.8, 4) is 11.5 Å². The van der Waals surface area contributed by atoms with E-state index < -0.39 is 11.6 Å². The monoisotopic (exact) mass is 324 g/mol. The summed E-state index contributed by atoms with van der Waals surface area (Å²) in [4.78, 5) is 0. The molecule has 0 unspecified atom stereocenters. The molecule has 0 aliphatic heterocycles. The molecule has 1 aromatic carbocycles. The van der Waals surface area contributed by atoms with Crippen LogP contribution in [-0.2, 0) is 0 Å². The fraction of sp³-hybridized carbons (Fsp3) is 0.684. The summed E-state index contributed by atoms with van der Waals surface area (Å²) in [6.45, 7) is 0.895. The normalized spacial score (nSPS) is 18.9. The zero-order valence-corrected chi connectivity index (χ0v) is 13.7. The molecule has 2 saturated carbocycles. The largest absolute Gasteiger partial charge is 0.490 e. The smallest absolute Gasteiger partial charge is 0.204 e. The van der Waals surface area contributed by atoms with Crippen LogP contribution in [0.25, 0.3) is 0 Å². The van der Waals surface area contributed by atoms with Gasteiger partial charge in [0.1, 0.15) is 0 Å². The summed E-state index contributed by atoms with van der Waals surface area (Å²) >= 11 is 0. The van der Waals surface area contributed by atoms with Crippen LogP contribution in [0.1, 0.15) is 57.8 Å². The Morgan fingerprint density at radius 1 is 0.739 bits per heavy atom.